The van der Waals surface area contributed by atoms with Gasteiger partial charge in [-0.15, -0.1) is 0 Å². The molecule has 0 amide bonds. The zero-order valence-corrected chi connectivity index (χ0v) is 8.94. The number of esters is 1. The van der Waals surface area contributed by atoms with Crippen LogP contribution in [-0.4, -0.2) is 47.7 Å². The molecular weight excluding hydrogens is 198 g/mol. The Bertz CT molecular complexity index is 242. The van der Waals surface area contributed by atoms with E-state index in [0.717, 1.165) is 19.4 Å². The third kappa shape index (κ3) is 3.87. The van der Waals surface area contributed by atoms with E-state index in [1.54, 1.807) is 6.92 Å². The van der Waals surface area contributed by atoms with Crippen LogP contribution < -0.4 is 0 Å². The van der Waals surface area contributed by atoms with Crippen LogP contribution in [0.15, 0.2) is 0 Å². The standard InChI is InChI=1S/C10H17NO4/c1-2-15-10(14)7-11-5-3-4-8(11)6-9(12)13/h8H,2-7H2,1H3,(H,12,13). The maximum Gasteiger partial charge on any atom is 0.320 e. The van der Waals surface area contributed by atoms with Crippen LogP contribution in [0, 0.1) is 0 Å². The van der Waals surface area contributed by atoms with Crippen molar-refractivity contribution in [3.05, 3.63) is 0 Å². The molecule has 86 valence electrons. The normalized spacial score (nSPS) is 21.5. The summed E-state index contributed by atoms with van der Waals surface area (Å²) in [7, 11) is 0. The van der Waals surface area contributed by atoms with Gasteiger partial charge in [-0.25, -0.2) is 0 Å². The number of hydrogen-bond donors (Lipinski definition) is 1. The zero-order chi connectivity index (χ0) is 11.3. The van der Waals surface area contributed by atoms with Gasteiger partial charge in [0.2, 0.25) is 0 Å². The summed E-state index contributed by atoms with van der Waals surface area (Å²) < 4.78 is 4.83. The van der Waals surface area contributed by atoms with Gasteiger partial charge in [0.15, 0.2) is 0 Å². The Labute approximate surface area is 89.0 Å². The minimum atomic E-state index is -0.809. The van der Waals surface area contributed by atoms with Gasteiger partial charge in [-0.05, 0) is 26.3 Å². The summed E-state index contributed by atoms with van der Waals surface area (Å²) in [4.78, 5) is 23.7. The van der Waals surface area contributed by atoms with Crippen molar-refractivity contribution >= 4 is 11.9 Å². The van der Waals surface area contributed by atoms with Crippen LogP contribution in [0.4, 0.5) is 0 Å². The maximum atomic E-state index is 11.2. The molecule has 0 aromatic heterocycles. The fourth-order valence-corrected chi connectivity index (χ4v) is 1.91. The molecule has 15 heavy (non-hydrogen) atoms. The average molecular weight is 215 g/mol. The van der Waals surface area contributed by atoms with Crippen molar-refractivity contribution in [3.8, 4) is 0 Å². The Kier molecular flexibility index (Phi) is 4.55. The SMILES string of the molecule is CCOC(=O)CN1CCCC1CC(=O)O. The zero-order valence-electron chi connectivity index (χ0n) is 8.94. The molecule has 1 rings (SSSR count). The maximum absolute atomic E-state index is 11.2. The predicted molar refractivity (Wildman–Crippen MR) is 53.5 cm³/mol. The second-order valence-electron chi connectivity index (χ2n) is 3.67. The fraction of sp³-hybridized carbons (Fsp3) is 0.800. The summed E-state index contributed by atoms with van der Waals surface area (Å²) >= 11 is 0. The first-order valence-electron chi connectivity index (χ1n) is 5.25. The lowest BCUT2D eigenvalue weighted by molar-refractivity contribution is -0.146. The number of ether oxygens (including phenoxy) is 1. The van der Waals surface area contributed by atoms with E-state index >= 15 is 0 Å². The summed E-state index contributed by atoms with van der Waals surface area (Å²) in [5.74, 6) is -1.08. The van der Waals surface area contributed by atoms with Crippen molar-refractivity contribution in [1.82, 2.24) is 4.90 Å². The Morgan fingerprint density at radius 1 is 1.53 bits per heavy atom. The number of nitrogens with zero attached hydrogens (tertiary/aromatic N) is 1. The second kappa shape index (κ2) is 5.70. The third-order valence-electron chi connectivity index (χ3n) is 2.55. The number of likely N-dealkylation sites (tertiary alicyclic amines) is 1. The van der Waals surface area contributed by atoms with Crippen molar-refractivity contribution in [2.24, 2.45) is 0 Å². The van der Waals surface area contributed by atoms with E-state index in [1.807, 2.05) is 4.90 Å². The van der Waals surface area contributed by atoms with Gasteiger partial charge in [-0.1, -0.05) is 0 Å². The molecular formula is C10H17NO4. The van der Waals surface area contributed by atoms with Crippen LogP contribution in [0.1, 0.15) is 26.2 Å². The monoisotopic (exact) mass is 215 g/mol. The predicted octanol–water partition coefficient (Wildman–Crippen LogP) is 0.489. The minimum Gasteiger partial charge on any atom is -0.481 e. The van der Waals surface area contributed by atoms with Crippen molar-refractivity contribution in [1.29, 1.82) is 0 Å². The highest BCUT2D eigenvalue weighted by Crippen LogP contribution is 2.19. The molecule has 0 aliphatic carbocycles. The molecule has 1 unspecified atom stereocenters. The van der Waals surface area contributed by atoms with E-state index in [9.17, 15) is 9.59 Å². The lowest BCUT2D eigenvalue weighted by atomic mass is 10.1. The minimum absolute atomic E-state index is 0.00749. The molecule has 0 radical (unpaired) electrons. The van der Waals surface area contributed by atoms with Gasteiger partial charge in [0.05, 0.1) is 19.6 Å². The molecule has 5 nitrogen and oxygen atoms in total. The van der Waals surface area contributed by atoms with Crippen molar-refractivity contribution in [2.45, 2.75) is 32.2 Å². The summed E-state index contributed by atoms with van der Waals surface area (Å²) in [6, 6.07) is -0.00749. The quantitative estimate of drug-likeness (QED) is 0.676. The van der Waals surface area contributed by atoms with Crippen molar-refractivity contribution < 1.29 is 19.4 Å². The Morgan fingerprint density at radius 3 is 2.87 bits per heavy atom. The molecule has 0 bridgehead atoms. The molecule has 5 heteroatoms. The van der Waals surface area contributed by atoms with Crippen LogP contribution >= 0.6 is 0 Å². The van der Waals surface area contributed by atoms with E-state index in [4.69, 9.17) is 9.84 Å². The van der Waals surface area contributed by atoms with Crippen LogP contribution in [0.5, 0.6) is 0 Å². The smallest absolute Gasteiger partial charge is 0.320 e. The number of hydrogen-bond acceptors (Lipinski definition) is 4. The lowest BCUT2D eigenvalue weighted by Crippen LogP contribution is -2.36. The van der Waals surface area contributed by atoms with Gasteiger partial charge in [0, 0.05) is 6.04 Å². The average Bonchev–Trinajstić information content (AvgIpc) is 2.52. The number of rotatable bonds is 5. The summed E-state index contributed by atoms with van der Waals surface area (Å²) in [5, 5.41) is 8.69. The number of carbonyl (C=O) groups excluding carboxylic acids is 1. The highest BCUT2D eigenvalue weighted by molar-refractivity contribution is 5.72. The van der Waals surface area contributed by atoms with Gasteiger partial charge in [0.1, 0.15) is 0 Å². The van der Waals surface area contributed by atoms with Crippen LogP contribution in [-0.2, 0) is 14.3 Å². The number of carboxylic acid groups (broad SMARTS) is 1. The molecule has 1 N–H and O–H groups in total. The van der Waals surface area contributed by atoms with Crippen molar-refractivity contribution in [3.63, 3.8) is 0 Å². The molecule has 1 fully saturated rings. The van der Waals surface area contributed by atoms with E-state index in [1.165, 1.54) is 0 Å². The summed E-state index contributed by atoms with van der Waals surface area (Å²) in [6.45, 7) is 3.13. The lowest BCUT2D eigenvalue weighted by Gasteiger charge is -2.21. The molecule has 1 aliphatic rings. The van der Waals surface area contributed by atoms with Gasteiger partial charge >= 0.3 is 11.9 Å². The molecule has 1 heterocycles. The van der Waals surface area contributed by atoms with Crippen LogP contribution in [0.2, 0.25) is 0 Å². The van der Waals surface area contributed by atoms with Gasteiger partial charge in [-0.2, -0.15) is 0 Å². The number of carboxylic acids is 1. The molecule has 0 aromatic rings. The van der Waals surface area contributed by atoms with E-state index in [-0.39, 0.29) is 25.0 Å². The van der Waals surface area contributed by atoms with Gasteiger partial charge in [0.25, 0.3) is 0 Å². The highest BCUT2D eigenvalue weighted by atomic mass is 16.5. The molecule has 1 aliphatic heterocycles. The van der Waals surface area contributed by atoms with Gasteiger partial charge < -0.3 is 9.84 Å². The molecule has 0 spiro atoms. The topological polar surface area (TPSA) is 66.8 Å². The molecule has 0 saturated carbocycles. The largest absolute Gasteiger partial charge is 0.481 e. The van der Waals surface area contributed by atoms with E-state index in [0.29, 0.717) is 6.61 Å². The van der Waals surface area contributed by atoms with Crippen LogP contribution in [0.25, 0.3) is 0 Å². The van der Waals surface area contributed by atoms with Crippen LogP contribution in [0.3, 0.4) is 0 Å². The number of carbonyl (C=O) groups is 2. The van der Waals surface area contributed by atoms with Gasteiger partial charge in [-0.3, -0.25) is 14.5 Å². The first-order chi connectivity index (χ1) is 7.13. The third-order valence-corrected chi connectivity index (χ3v) is 2.55. The van der Waals surface area contributed by atoms with Crippen molar-refractivity contribution in [2.75, 3.05) is 19.7 Å². The van der Waals surface area contributed by atoms with E-state index < -0.39 is 5.97 Å². The Hall–Kier alpha value is -1.10. The number of aliphatic carboxylic acids is 1. The Morgan fingerprint density at radius 2 is 2.27 bits per heavy atom. The summed E-state index contributed by atoms with van der Waals surface area (Å²) in [6.07, 6.45) is 1.92. The molecule has 1 atom stereocenters. The fourth-order valence-electron chi connectivity index (χ4n) is 1.91. The first-order valence-corrected chi connectivity index (χ1v) is 5.25. The summed E-state index contributed by atoms with van der Waals surface area (Å²) in [5.41, 5.74) is 0. The second-order valence-corrected chi connectivity index (χ2v) is 3.67. The first kappa shape index (κ1) is 12.0. The Balaban J connectivity index is 2.39. The molecule has 1 saturated heterocycles. The molecule has 0 aromatic carbocycles. The highest BCUT2D eigenvalue weighted by Gasteiger charge is 2.28. The van der Waals surface area contributed by atoms with E-state index in [2.05, 4.69) is 0 Å².